The molecule has 1 N–H and O–H groups in total. The molecule has 9 heavy (non-hydrogen) atoms. The second-order valence-electron chi connectivity index (χ2n) is 1.71. The normalized spacial score (nSPS) is 24.6. The van der Waals surface area contributed by atoms with Crippen LogP contribution in [0.2, 0.25) is 0 Å². The van der Waals surface area contributed by atoms with Gasteiger partial charge in [0.1, 0.15) is 6.10 Å². The summed E-state index contributed by atoms with van der Waals surface area (Å²) in [6.07, 6.45) is 0.976. The molecule has 0 saturated carbocycles. The van der Waals surface area contributed by atoms with Crippen LogP contribution >= 0.6 is 0 Å². The van der Waals surface area contributed by atoms with Gasteiger partial charge in [0.15, 0.2) is 0 Å². The van der Waals surface area contributed by atoms with Crippen molar-refractivity contribution < 1.29 is 14.6 Å². The van der Waals surface area contributed by atoms with Gasteiger partial charge in [0.2, 0.25) is 0 Å². The number of aliphatic imine (C=N–C) groups is 1. The van der Waals surface area contributed by atoms with E-state index in [1.807, 2.05) is 0 Å². The third kappa shape index (κ3) is 1.50. The summed E-state index contributed by atoms with van der Waals surface area (Å²) in [6, 6.07) is 0. The van der Waals surface area contributed by atoms with Crippen molar-refractivity contribution in [3.05, 3.63) is 0 Å². The summed E-state index contributed by atoms with van der Waals surface area (Å²) in [7, 11) is 0. The molecule has 4 nitrogen and oxygen atoms in total. The molecule has 4 heteroatoms. The minimum Gasteiger partial charge on any atom is -0.439 e. The van der Waals surface area contributed by atoms with E-state index in [1.165, 1.54) is 6.21 Å². The second kappa shape index (κ2) is 2.59. The maximum Gasteiger partial charge on any atom is 0.434 e. The molecule has 0 saturated heterocycles. The number of carbonyl (C=O) groups is 1. The van der Waals surface area contributed by atoms with Gasteiger partial charge in [0.25, 0.3) is 0 Å². The molecule has 1 aliphatic rings. The van der Waals surface area contributed by atoms with E-state index >= 15 is 0 Å². The first-order valence-corrected chi connectivity index (χ1v) is 2.68. The first kappa shape index (κ1) is 6.22. The third-order valence-electron chi connectivity index (χ3n) is 1.01. The van der Waals surface area contributed by atoms with Gasteiger partial charge in [-0.05, 0) is 0 Å². The maximum absolute atomic E-state index is 10.2. The molecule has 1 rings (SSSR count). The van der Waals surface area contributed by atoms with Gasteiger partial charge in [-0.15, -0.1) is 0 Å². The van der Waals surface area contributed by atoms with Gasteiger partial charge in [-0.3, -0.25) is 0 Å². The molecule has 0 aromatic rings. The average Bonchev–Trinajstić information content (AvgIpc) is 2.17. The lowest BCUT2D eigenvalue weighted by molar-refractivity contribution is 0.133. The maximum atomic E-state index is 10.2. The van der Waals surface area contributed by atoms with E-state index in [-0.39, 0.29) is 12.7 Å². The highest BCUT2D eigenvalue weighted by Crippen LogP contribution is 2.03. The molecule has 0 spiro atoms. The van der Waals surface area contributed by atoms with Gasteiger partial charge < -0.3 is 9.84 Å². The topological polar surface area (TPSA) is 58.9 Å². The number of aliphatic hydroxyl groups excluding tert-OH is 1. The molecule has 0 fully saturated rings. The second-order valence-corrected chi connectivity index (χ2v) is 1.71. The molecule has 50 valence electrons. The lowest BCUT2D eigenvalue weighted by atomic mass is 10.3. The molecule has 1 heterocycles. The Kier molecular flexibility index (Phi) is 1.79. The Hall–Kier alpha value is -0.900. The molecular formula is C5H7NO3. The number of nitrogens with zero attached hydrogens (tertiary/aromatic N) is 1. The van der Waals surface area contributed by atoms with Crippen molar-refractivity contribution in [3.8, 4) is 0 Å². The predicted molar refractivity (Wildman–Crippen MR) is 30.5 cm³/mol. The molecule has 1 atom stereocenters. The third-order valence-corrected chi connectivity index (χ3v) is 1.01. The Morgan fingerprint density at radius 1 is 1.89 bits per heavy atom. The predicted octanol–water partition coefficient (Wildman–Crippen LogP) is -0.0416. The molecular weight excluding hydrogens is 122 g/mol. The summed E-state index contributed by atoms with van der Waals surface area (Å²) in [6.45, 7) is 0.0178. The molecule has 0 aromatic heterocycles. The van der Waals surface area contributed by atoms with Crippen LogP contribution in [0.1, 0.15) is 6.42 Å². The number of hydrogen-bond donors (Lipinski definition) is 1. The Balaban J connectivity index is 2.32. The zero-order valence-electron chi connectivity index (χ0n) is 4.78. The number of aliphatic hydroxyl groups is 1. The van der Waals surface area contributed by atoms with Gasteiger partial charge in [-0.2, -0.15) is 4.99 Å². The van der Waals surface area contributed by atoms with Gasteiger partial charge in [0.05, 0.1) is 6.21 Å². The summed E-state index contributed by atoms with van der Waals surface area (Å²) < 4.78 is 4.58. The Morgan fingerprint density at radius 3 is 3.11 bits per heavy atom. The van der Waals surface area contributed by atoms with Crippen LogP contribution in [-0.4, -0.2) is 30.1 Å². The van der Waals surface area contributed by atoms with Crippen molar-refractivity contribution in [1.82, 2.24) is 0 Å². The van der Waals surface area contributed by atoms with Crippen molar-refractivity contribution >= 4 is 12.3 Å². The molecule has 0 aliphatic carbocycles. The van der Waals surface area contributed by atoms with Crippen LogP contribution in [0.15, 0.2) is 4.99 Å². The van der Waals surface area contributed by atoms with E-state index in [1.54, 1.807) is 0 Å². The first-order valence-electron chi connectivity index (χ1n) is 2.68. The van der Waals surface area contributed by atoms with Gasteiger partial charge in [-0.1, -0.05) is 0 Å². The van der Waals surface area contributed by atoms with E-state index in [0.717, 1.165) is 0 Å². The SMILES string of the molecule is O=C1N=C[C@@H](CCO)O1. The molecule has 0 unspecified atom stereocenters. The molecule has 1 amide bonds. The molecule has 0 aromatic carbocycles. The lowest BCUT2D eigenvalue weighted by Crippen LogP contribution is -2.11. The summed E-state index contributed by atoms with van der Waals surface area (Å²) in [5, 5.41) is 8.36. The van der Waals surface area contributed by atoms with E-state index in [9.17, 15) is 4.79 Å². The fourth-order valence-corrected chi connectivity index (χ4v) is 0.595. The quantitative estimate of drug-likeness (QED) is 0.569. The summed E-state index contributed by atoms with van der Waals surface area (Å²) in [5.41, 5.74) is 0. The van der Waals surface area contributed by atoms with Crippen LogP contribution in [0.5, 0.6) is 0 Å². The smallest absolute Gasteiger partial charge is 0.434 e. The van der Waals surface area contributed by atoms with E-state index < -0.39 is 6.09 Å². The minimum absolute atomic E-state index is 0.0178. The summed E-state index contributed by atoms with van der Waals surface area (Å²) >= 11 is 0. The number of hydrogen-bond acceptors (Lipinski definition) is 3. The monoisotopic (exact) mass is 129 g/mol. The van der Waals surface area contributed by atoms with E-state index in [2.05, 4.69) is 9.73 Å². The van der Waals surface area contributed by atoms with Crippen molar-refractivity contribution in [2.45, 2.75) is 12.5 Å². The van der Waals surface area contributed by atoms with Crippen molar-refractivity contribution in [2.24, 2.45) is 4.99 Å². The standard InChI is InChI=1S/C5H7NO3/c7-2-1-4-3-6-5(8)9-4/h3-4,7H,1-2H2/t4-/m1/s1. The van der Waals surface area contributed by atoms with Crippen molar-refractivity contribution in [1.29, 1.82) is 0 Å². The summed E-state index contributed by atoms with van der Waals surface area (Å²) in [4.78, 5) is 13.6. The highest BCUT2D eigenvalue weighted by atomic mass is 16.6. The molecule has 0 radical (unpaired) electrons. The van der Waals surface area contributed by atoms with Gasteiger partial charge in [0, 0.05) is 13.0 Å². The first-order chi connectivity index (χ1) is 4.33. The fraction of sp³-hybridized carbons (Fsp3) is 0.600. The molecule has 0 bridgehead atoms. The number of amides is 1. The number of cyclic esters (lactones) is 1. The zero-order chi connectivity index (χ0) is 6.69. The van der Waals surface area contributed by atoms with Gasteiger partial charge >= 0.3 is 6.09 Å². The van der Waals surface area contributed by atoms with Gasteiger partial charge in [-0.25, -0.2) is 4.79 Å². The van der Waals surface area contributed by atoms with Crippen molar-refractivity contribution in [2.75, 3.05) is 6.61 Å². The van der Waals surface area contributed by atoms with E-state index in [4.69, 9.17) is 5.11 Å². The largest absolute Gasteiger partial charge is 0.439 e. The van der Waals surface area contributed by atoms with Crippen LogP contribution < -0.4 is 0 Å². The number of carbonyl (C=O) groups excluding carboxylic acids is 1. The summed E-state index contributed by atoms with van der Waals surface area (Å²) in [5.74, 6) is 0. The highest BCUT2D eigenvalue weighted by Gasteiger charge is 2.16. The Labute approximate surface area is 52.2 Å². The Bertz CT molecular complexity index is 143. The number of rotatable bonds is 2. The average molecular weight is 129 g/mol. The van der Waals surface area contributed by atoms with Crippen molar-refractivity contribution in [3.63, 3.8) is 0 Å². The lowest BCUT2D eigenvalue weighted by Gasteiger charge is -2.01. The van der Waals surface area contributed by atoms with Crippen LogP contribution in [0.3, 0.4) is 0 Å². The molecule has 1 aliphatic heterocycles. The number of ether oxygens (including phenoxy) is 1. The fourth-order valence-electron chi connectivity index (χ4n) is 0.595. The minimum atomic E-state index is -0.562. The van der Waals surface area contributed by atoms with Crippen LogP contribution in [0.4, 0.5) is 4.79 Å². The van der Waals surface area contributed by atoms with E-state index in [0.29, 0.717) is 6.42 Å². The zero-order valence-corrected chi connectivity index (χ0v) is 4.78. The van der Waals surface area contributed by atoms with Crippen LogP contribution in [0.25, 0.3) is 0 Å². The Morgan fingerprint density at radius 2 is 2.67 bits per heavy atom. The highest BCUT2D eigenvalue weighted by molar-refractivity contribution is 5.87. The van der Waals surface area contributed by atoms with Crippen LogP contribution in [-0.2, 0) is 4.74 Å². The van der Waals surface area contributed by atoms with Crippen LogP contribution in [0, 0.1) is 0 Å².